The van der Waals surface area contributed by atoms with Gasteiger partial charge in [-0.05, 0) is 62.6 Å². The van der Waals surface area contributed by atoms with Crippen LogP contribution in [0.2, 0.25) is 0 Å². The Morgan fingerprint density at radius 3 is 2.26 bits per heavy atom. The Balaban J connectivity index is 1.43. The van der Waals surface area contributed by atoms with Gasteiger partial charge in [-0.3, -0.25) is 43.5 Å². The van der Waals surface area contributed by atoms with E-state index >= 15 is 0 Å². The van der Waals surface area contributed by atoms with E-state index in [1.807, 2.05) is 0 Å². The molecule has 3 aromatic rings. The molecule has 1 aromatic carbocycles. The Hall–Kier alpha value is -5.92. The zero-order valence-corrected chi connectivity index (χ0v) is 33.9. The second kappa shape index (κ2) is 23.3. The molecule has 0 bridgehead atoms. The number of hydrogen-bond donors (Lipinski definition) is 9. The first-order valence-electron chi connectivity index (χ1n) is 19.1. The van der Waals surface area contributed by atoms with Crippen molar-refractivity contribution in [2.24, 2.45) is 28.3 Å². The number of fused-ring (bicyclic) bond motifs is 1. The van der Waals surface area contributed by atoms with Crippen molar-refractivity contribution in [3.63, 3.8) is 0 Å². The van der Waals surface area contributed by atoms with Crippen molar-refractivity contribution in [2.75, 3.05) is 29.9 Å². The molecule has 0 aliphatic heterocycles. The number of hydrogen-bond acceptors (Lipinski definition) is 14. The van der Waals surface area contributed by atoms with Crippen LogP contribution in [0.3, 0.4) is 0 Å². The summed E-state index contributed by atoms with van der Waals surface area (Å²) in [6.45, 7) is 5.45. The first kappa shape index (κ1) is 46.5. The van der Waals surface area contributed by atoms with E-state index in [2.05, 4.69) is 58.8 Å². The molecule has 0 saturated heterocycles. The maximum atomic E-state index is 13.3. The topological polar surface area (TPSA) is 312 Å². The zero-order valence-electron chi connectivity index (χ0n) is 33.0. The number of benzene rings is 1. The molecule has 2 aromatic heterocycles. The molecule has 0 aliphatic rings. The predicted octanol–water partition coefficient (Wildman–Crippen LogP) is 0.930. The van der Waals surface area contributed by atoms with Gasteiger partial charge in [0.2, 0.25) is 17.8 Å². The predicted molar refractivity (Wildman–Crippen MR) is 223 cm³/mol. The Morgan fingerprint density at radius 1 is 0.879 bits per heavy atom. The molecule has 3 amide bonds. The molecule has 314 valence electrons. The second-order valence-electron chi connectivity index (χ2n) is 14.0. The van der Waals surface area contributed by atoms with Crippen molar-refractivity contribution in [1.82, 2.24) is 35.9 Å². The number of guanidine groups is 1. The van der Waals surface area contributed by atoms with Gasteiger partial charge in [0.15, 0.2) is 28.7 Å². The zero-order chi connectivity index (χ0) is 42.8. The number of anilines is 2. The highest BCUT2D eigenvalue weighted by Crippen LogP contribution is 2.14. The number of nitrogens with one attached hydrogen (secondary N) is 5. The smallest absolute Gasteiger partial charge is 0.280 e. The van der Waals surface area contributed by atoms with Crippen LogP contribution < -0.4 is 44.0 Å². The quantitative estimate of drug-likeness (QED) is 0.0249. The molecular formula is C38H54N12O7S. The van der Waals surface area contributed by atoms with Crippen molar-refractivity contribution >= 4 is 76.5 Å². The molecule has 58 heavy (non-hydrogen) atoms. The number of carbonyl (C=O) groups excluding carboxylic acids is 6. The molecule has 0 radical (unpaired) electrons. The third-order valence-electron chi connectivity index (χ3n) is 9.03. The number of aromatic nitrogens is 4. The molecule has 4 atom stereocenters. The van der Waals surface area contributed by atoms with Crippen molar-refractivity contribution in [1.29, 1.82) is 0 Å². The van der Waals surface area contributed by atoms with Gasteiger partial charge in [0.05, 0.1) is 30.5 Å². The minimum Gasteiger partial charge on any atom is -0.379 e. The van der Waals surface area contributed by atoms with Crippen LogP contribution in [0.4, 0.5) is 11.6 Å². The van der Waals surface area contributed by atoms with Crippen molar-refractivity contribution in [3.8, 4) is 0 Å². The standard InChI is InChI=1S/C38H54N12O7S/c1-21(34(55)48-28(8-5-15-43-37(39)40)30(53)18-22(2)33(54)46-23(3)29(52)9-6-16-58)17-27(51)7-4-14-42-35(56)24-10-12-25(13-11-24)44-19-26-20-45-32-31(47-26)36(57)50-38(41)49-32/h10-13,20-23,28,44,58H,4-9,14-19H2,1-3H3,(H,42,56)(H,46,54)(H,48,55)(H4,39,40,43)(H3,41,45,49,50,57)/t21-,22-,23-,28+/m1/s1. The van der Waals surface area contributed by atoms with Gasteiger partial charge < -0.3 is 38.5 Å². The maximum Gasteiger partial charge on any atom is 0.280 e. The van der Waals surface area contributed by atoms with Crippen LogP contribution in [-0.2, 0) is 30.5 Å². The van der Waals surface area contributed by atoms with Crippen molar-refractivity contribution < 1.29 is 28.8 Å². The molecule has 3 rings (SSSR count). The lowest BCUT2D eigenvalue weighted by atomic mass is 9.95. The monoisotopic (exact) mass is 822 g/mol. The van der Waals surface area contributed by atoms with E-state index in [4.69, 9.17) is 17.2 Å². The molecule has 0 aliphatic carbocycles. The molecule has 11 N–H and O–H groups in total. The van der Waals surface area contributed by atoms with Crippen molar-refractivity contribution in [3.05, 3.63) is 52.1 Å². The van der Waals surface area contributed by atoms with Gasteiger partial charge in [-0.1, -0.05) is 13.8 Å². The van der Waals surface area contributed by atoms with Crippen LogP contribution in [0.25, 0.3) is 11.2 Å². The average Bonchev–Trinajstić information content (AvgIpc) is 3.18. The molecule has 0 unspecified atom stereocenters. The number of carbonyl (C=O) groups is 6. The fourth-order valence-electron chi connectivity index (χ4n) is 5.69. The summed E-state index contributed by atoms with van der Waals surface area (Å²) in [5.74, 6) is -3.10. The molecule has 20 heteroatoms. The van der Waals surface area contributed by atoms with Crippen LogP contribution in [-0.4, -0.2) is 91.9 Å². The summed E-state index contributed by atoms with van der Waals surface area (Å²) in [6.07, 6.45) is 3.13. The first-order valence-corrected chi connectivity index (χ1v) is 19.7. The molecular weight excluding hydrogens is 769 g/mol. The van der Waals surface area contributed by atoms with Crippen LogP contribution >= 0.6 is 12.6 Å². The van der Waals surface area contributed by atoms with E-state index in [0.717, 1.165) is 0 Å². The lowest BCUT2D eigenvalue weighted by molar-refractivity contribution is -0.134. The van der Waals surface area contributed by atoms with Crippen LogP contribution in [0.5, 0.6) is 0 Å². The number of aliphatic imine (C=N–C) groups is 1. The number of amides is 3. The highest BCUT2D eigenvalue weighted by molar-refractivity contribution is 7.80. The van der Waals surface area contributed by atoms with Crippen LogP contribution in [0, 0.1) is 11.8 Å². The van der Waals surface area contributed by atoms with E-state index < -0.39 is 41.3 Å². The number of aromatic amines is 1. The summed E-state index contributed by atoms with van der Waals surface area (Å²) >= 11 is 4.10. The Morgan fingerprint density at radius 2 is 1.57 bits per heavy atom. The molecule has 19 nitrogen and oxygen atoms in total. The fraction of sp³-hybridized carbons (Fsp3) is 0.500. The van der Waals surface area contributed by atoms with Gasteiger partial charge in [0.25, 0.3) is 11.5 Å². The average molecular weight is 823 g/mol. The Bertz CT molecular complexity index is 2000. The third kappa shape index (κ3) is 15.5. The van der Waals surface area contributed by atoms with Gasteiger partial charge in [-0.15, -0.1) is 0 Å². The summed E-state index contributed by atoms with van der Waals surface area (Å²) in [4.78, 5) is 108. The number of H-pyrrole nitrogens is 1. The van der Waals surface area contributed by atoms with Gasteiger partial charge in [0.1, 0.15) is 5.78 Å². The minimum atomic E-state index is -0.951. The second-order valence-corrected chi connectivity index (χ2v) is 14.5. The summed E-state index contributed by atoms with van der Waals surface area (Å²) in [7, 11) is 0. The van der Waals surface area contributed by atoms with Gasteiger partial charge in [-0.25, -0.2) is 9.97 Å². The minimum absolute atomic E-state index is 0.0484. The number of ketones is 3. The number of thiol groups is 1. The number of nitrogens with zero attached hydrogens (tertiary/aromatic N) is 4. The van der Waals surface area contributed by atoms with E-state index in [-0.39, 0.29) is 98.1 Å². The largest absolute Gasteiger partial charge is 0.379 e. The van der Waals surface area contributed by atoms with Crippen LogP contribution in [0.15, 0.2) is 40.2 Å². The number of rotatable bonds is 25. The van der Waals surface area contributed by atoms with E-state index in [9.17, 15) is 33.6 Å². The van der Waals surface area contributed by atoms with Crippen LogP contribution in [0.1, 0.15) is 88.2 Å². The Labute approximate surface area is 341 Å². The lowest BCUT2D eigenvalue weighted by Gasteiger charge is -2.22. The summed E-state index contributed by atoms with van der Waals surface area (Å²) in [6, 6.07) is 5.04. The highest BCUT2D eigenvalue weighted by Gasteiger charge is 2.28. The van der Waals surface area contributed by atoms with Gasteiger partial charge in [0, 0.05) is 61.9 Å². The fourth-order valence-corrected chi connectivity index (χ4v) is 5.85. The molecule has 2 heterocycles. The lowest BCUT2D eigenvalue weighted by Crippen LogP contribution is -2.46. The summed E-state index contributed by atoms with van der Waals surface area (Å²) < 4.78 is 0. The normalized spacial score (nSPS) is 13.0. The molecule has 0 saturated carbocycles. The SMILES string of the molecule is C[C@H](CC(=O)CCCNC(=O)c1ccc(NCc2cnc3nc(N)[nH]c(=O)c3n2)cc1)C(=O)N[C@@H](CCCN=C(N)N)C(=O)C[C@@H](C)C(=O)N[C@H](C)C(=O)CCCS. The number of nitrogen functional groups attached to an aromatic ring is 1. The summed E-state index contributed by atoms with van der Waals surface area (Å²) in [5.41, 5.74) is 17.7. The number of nitrogens with two attached hydrogens (primary N) is 3. The van der Waals surface area contributed by atoms with E-state index in [1.54, 1.807) is 45.0 Å². The van der Waals surface area contributed by atoms with Gasteiger partial charge in [-0.2, -0.15) is 17.6 Å². The van der Waals surface area contributed by atoms with E-state index in [1.165, 1.54) is 6.20 Å². The molecule has 0 fully saturated rings. The number of Topliss-reactive ketones (excluding diaryl/α,β-unsaturated/α-hetero) is 3. The highest BCUT2D eigenvalue weighted by atomic mass is 32.1. The maximum absolute atomic E-state index is 13.3. The summed E-state index contributed by atoms with van der Waals surface area (Å²) in [5, 5.41) is 11.3. The molecule has 0 spiro atoms. The Kier molecular flexibility index (Phi) is 18.7. The van der Waals surface area contributed by atoms with Crippen molar-refractivity contribution in [2.45, 2.75) is 90.8 Å². The van der Waals surface area contributed by atoms with Gasteiger partial charge >= 0.3 is 0 Å². The van der Waals surface area contributed by atoms with E-state index in [0.29, 0.717) is 42.0 Å². The first-order chi connectivity index (χ1) is 27.6. The third-order valence-corrected chi connectivity index (χ3v) is 9.35.